The van der Waals surface area contributed by atoms with Gasteiger partial charge in [0.05, 0.1) is 5.92 Å². The van der Waals surface area contributed by atoms with Gasteiger partial charge < -0.3 is 16.0 Å². The minimum atomic E-state index is -0.889. The van der Waals surface area contributed by atoms with Gasteiger partial charge in [0.15, 0.2) is 0 Å². The first kappa shape index (κ1) is 19.3. The second-order valence-electron chi connectivity index (χ2n) is 5.27. The molecule has 0 aliphatic carbocycles. The highest BCUT2D eigenvalue weighted by Crippen LogP contribution is 2.21. The Morgan fingerprint density at radius 2 is 1.96 bits per heavy atom. The second kappa shape index (κ2) is 8.79. The lowest BCUT2D eigenvalue weighted by Crippen LogP contribution is -2.46. The van der Waals surface area contributed by atoms with Gasteiger partial charge in [0.1, 0.15) is 17.2 Å². The van der Waals surface area contributed by atoms with E-state index < -0.39 is 23.1 Å². The molecule has 23 heavy (non-hydrogen) atoms. The van der Waals surface area contributed by atoms with Crippen molar-refractivity contribution in [2.24, 2.45) is 11.7 Å². The molecular formula is C15H20ClF2N3O2. The van der Waals surface area contributed by atoms with Crippen molar-refractivity contribution in [3.8, 4) is 0 Å². The molecule has 1 fully saturated rings. The molecular weight excluding hydrogens is 328 g/mol. The van der Waals surface area contributed by atoms with Gasteiger partial charge in [-0.05, 0) is 25.0 Å². The summed E-state index contributed by atoms with van der Waals surface area (Å²) in [5, 5.41) is 2.67. The minimum Gasteiger partial charge on any atom is -0.355 e. The van der Waals surface area contributed by atoms with Crippen LogP contribution < -0.4 is 11.1 Å². The molecule has 1 aromatic carbocycles. The molecule has 1 unspecified atom stereocenters. The Labute approximate surface area is 139 Å². The van der Waals surface area contributed by atoms with Crippen molar-refractivity contribution in [3.63, 3.8) is 0 Å². The average molecular weight is 348 g/mol. The summed E-state index contributed by atoms with van der Waals surface area (Å²) in [6.07, 6.45) is 1.25. The van der Waals surface area contributed by atoms with E-state index >= 15 is 0 Å². The number of amides is 2. The molecule has 2 rings (SSSR count). The summed E-state index contributed by atoms with van der Waals surface area (Å²) in [6.45, 7) is 1.24. The van der Waals surface area contributed by atoms with Crippen molar-refractivity contribution < 1.29 is 18.4 Å². The third-order valence-corrected chi connectivity index (χ3v) is 3.70. The third kappa shape index (κ3) is 4.62. The van der Waals surface area contributed by atoms with Crippen molar-refractivity contribution in [1.82, 2.24) is 10.2 Å². The number of nitrogens with zero attached hydrogens (tertiary/aromatic N) is 1. The maximum atomic E-state index is 13.7. The monoisotopic (exact) mass is 347 g/mol. The van der Waals surface area contributed by atoms with E-state index in [9.17, 15) is 18.4 Å². The molecule has 1 aliphatic heterocycles. The van der Waals surface area contributed by atoms with Gasteiger partial charge in [0, 0.05) is 26.2 Å². The SMILES string of the molecule is Cl.NCCNC(=O)C1CCCN(C(=O)c2c(F)cccc2F)C1. The Hall–Kier alpha value is -1.73. The lowest BCUT2D eigenvalue weighted by atomic mass is 9.96. The summed E-state index contributed by atoms with van der Waals surface area (Å²) in [4.78, 5) is 25.6. The van der Waals surface area contributed by atoms with E-state index in [0.29, 0.717) is 32.5 Å². The second-order valence-corrected chi connectivity index (χ2v) is 5.27. The van der Waals surface area contributed by atoms with Crippen molar-refractivity contribution >= 4 is 24.2 Å². The van der Waals surface area contributed by atoms with Crippen LogP contribution in [0.5, 0.6) is 0 Å². The molecule has 0 bridgehead atoms. The molecule has 1 aliphatic rings. The topological polar surface area (TPSA) is 75.4 Å². The lowest BCUT2D eigenvalue weighted by molar-refractivity contribution is -0.126. The molecule has 5 nitrogen and oxygen atoms in total. The number of nitrogens with two attached hydrogens (primary N) is 1. The van der Waals surface area contributed by atoms with Gasteiger partial charge in [-0.25, -0.2) is 8.78 Å². The van der Waals surface area contributed by atoms with E-state index in [-0.39, 0.29) is 30.8 Å². The van der Waals surface area contributed by atoms with E-state index in [1.807, 2.05) is 0 Å². The fraction of sp³-hybridized carbons (Fsp3) is 0.467. The van der Waals surface area contributed by atoms with Crippen LogP contribution in [-0.2, 0) is 4.79 Å². The standard InChI is InChI=1S/C15H19F2N3O2.ClH/c16-11-4-1-5-12(17)13(11)15(22)20-8-2-3-10(9-20)14(21)19-7-6-18;/h1,4-5,10H,2-3,6-9,18H2,(H,19,21);1H. The number of nitrogens with one attached hydrogen (secondary N) is 1. The van der Waals surface area contributed by atoms with Crippen LogP contribution in [0, 0.1) is 17.6 Å². The van der Waals surface area contributed by atoms with Crippen LogP contribution in [0.1, 0.15) is 23.2 Å². The number of carbonyl (C=O) groups is 2. The Bertz CT molecular complexity index is 551. The summed E-state index contributed by atoms with van der Waals surface area (Å²) < 4.78 is 27.4. The maximum absolute atomic E-state index is 13.7. The fourth-order valence-electron chi connectivity index (χ4n) is 2.58. The Balaban J connectivity index is 0.00000264. The van der Waals surface area contributed by atoms with Crippen molar-refractivity contribution in [3.05, 3.63) is 35.4 Å². The highest BCUT2D eigenvalue weighted by atomic mass is 35.5. The highest BCUT2D eigenvalue weighted by molar-refractivity contribution is 5.95. The number of hydrogen-bond acceptors (Lipinski definition) is 3. The molecule has 1 saturated heterocycles. The first-order valence-electron chi connectivity index (χ1n) is 7.25. The van der Waals surface area contributed by atoms with E-state index in [1.54, 1.807) is 0 Å². The first-order chi connectivity index (χ1) is 10.5. The number of benzene rings is 1. The van der Waals surface area contributed by atoms with E-state index in [1.165, 1.54) is 11.0 Å². The molecule has 1 aromatic rings. The van der Waals surface area contributed by atoms with E-state index in [0.717, 1.165) is 12.1 Å². The zero-order valence-electron chi connectivity index (χ0n) is 12.6. The lowest BCUT2D eigenvalue weighted by Gasteiger charge is -2.32. The maximum Gasteiger partial charge on any atom is 0.259 e. The minimum absolute atomic E-state index is 0. The molecule has 0 spiro atoms. The van der Waals surface area contributed by atoms with E-state index in [4.69, 9.17) is 5.73 Å². The normalized spacial score (nSPS) is 17.3. The van der Waals surface area contributed by atoms with Crippen LogP contribution in [0.2, 0.25) is 0 Å². The van der Waals surface area contributed by atoms with Crippen LogP contribution in [0.4, 0.5) is 8.78 Å². The highest BCUT2D eigenvalue weighted by Gasteiger charge is 2.30. The smallest absolute Gasteiger partial charge is 0.259 e. The van der Waals surface area contributed by atoms with Gasteiger partial charge in [-0.1, -0.05) is 6.07 Å². The van der Waals surface area contributed by atoms with Crippen LogP contribution in [0.15, 0.2) is 18.2 Å². The van der Waals surface area contributed by atoms with E-state index in [2.05, 4.69) is 5.32 Å². The molecule has 128 valence electrons. The van der Waals surface area contributed by atoms with Crippen molar-refractivity contribution in [2.75, 3.05) is 26.2 Å². The van der Waals surface area contributed by atoms with Gasteiger partial charge in [0.2, 0.25) is 5.91 Å². The number of hydrogen-bond donors (Lipinski definition) is 2. The van der Waals surface area contributed by atoms with Crippen molar-refractivity contribution in [1.29, 1.82) is 0 Å². The Kier molecular flexibility index (Phi) is 7.38. The summed E-state index contributed by atoms with van der Waals surface area (Å²) in [6, 6.07) is 3.30. The zero-order chi connectivity index (χ0) is 16.1. The molecule has 0 aromatic heterocycles. The van der Waals surface area contributed by atoms with Crippen LogP contribution in [0.3, 0.4) is 0 Å². The van der Waals surface area contributed by atoms with Gasteiger partial charge >= 0.3 is 0 Å². The van der Waals surface area contributed by atoms with Gasteiger partial charge in [-0.2, -0.15) is 0 Å². The predicted octanol–water partition coefficient (Wildman–Crippen LogP) is 1.31. The Morgan fingerprint density at radius 3 is 2.57 bits per heavy atom. The van der Waals surface area contributed by atoms with Gasteiger partial charge in [-0.15, -0.1) is 12.4 Å². The van der Waals surface area contributed by atoms with Crippen LogP contribution in [-0.4, -0.2) is 42.9 Å². The molecule has 0 saturated carbocycles. The van der Waals surface area contributed by atoms with Crippen LogP contribution >= 0.6 is 12.4 Å². The number of piperidine rings is 1. The number of carbonyl (C=O) groups excluding carboxylic acids is 2. The molecule has 2 amide bonds. The van der Waals surface area contributed by atoms with Gasteiger partial charge in [0.25, 0.3) is 5.91 Å². The first-order valence-corrected chi connectivity index (χ1v) is 7.25. The quantitative estimate of drug-likeness (QED) is 0.862. The summed E-state index contributed by atoms with van der Waals surface area (Å²) in [5.74, 6) is -3.05. The summed E-state index contributed by atoms with van der Waals surface area (Å²) in [5.41, 5.74) is 4.76. The molecule has 3 N–H and O–H groups in total. The molecule has 8 heteroatoms. The molecule has 1 atom stereocenters. The Morgan fingerprint density at radius 1 is 1.30 bits per heavy atom. The largest absolute Gasteiger partial charge is 0.355 e. The number of likely N-dealkylation sites (tertiary alicyclic amines) is 1. The fourth-order valence-corrected chi connectivity index (χ4v) is 2.58. The predicted molar refractivity (Wildman–Crippen MR) is 84.3 cm³/mol. The molecule has 1 heterocycles. The number of halogens is 3. The molecule has 0 radical (unpaired) electrons. The summed E-state index contributed by atoms with van der Waals surface area (Å²) in [7, 11) is 0. The summed E-state index contributed by atoms with van der Waals surface area (Å²) >= 11 is 0. The van der Waals surface area contributed by atoms with Crippen molar-refractivity contribution in [2.45, 2.75) is 12.8 Å². The third-order valence-electron chi connectivity index (χ3n) is 3.70. The average Bonchev–Trinajstić information content (AvgIpc) is 2.52. The number of rotatable bonds is 4. The van der Waals surface area contributed by atoms with Crippen LogP contribution in [0.25, 0.3) is 0 Å². The zero-order valence-corrected chi connectivity index (χ0v) is 13.4. The van der Waals surface area contributed by atoms with Gasteiger partial charge in [-0.3, -0.25) is 9.59 Å².